The first kappa shape index (κ1) is 11.6. The number of imidazole rings is 1. The first-order valence-electron chi connectivity index (χ1n) is 5.87. The molecule has 0 N–H and O–H groups in total. The molecular formula is C13H17N3O. The summed E-state index contributed by atoms with van der Waals surface area (Å²) in [5, 5.41) is 0. The number of hydrogen-bond acceptors (Lipinski definition) is 2. The molecule has 0 aliphatic carbocycles. The van der Waals surface area contributed by atoms with E-state index in [0.29, 0.717) is 5.56 Å². The van der Waals surface area contributed by atoms with Gasteiger partial charge in [0, 0.05) is 25.7 Å². The number of nitrogens with zero attached hydrogens (tertiary/aromatic N) is 3. The maximum atomic E-state index is 12.1. The average Bonchev–Trinajstić information content (AvgIpc) is 2.72. The molecule has 2 aromatic rings. The van der Waals surface area contributed by atoms with Crippen LogP contribution in [0.5, 0.6) is 0 Å². The van der Waals surface area contributed by atoms with Gasteiger partial charge in [0.2, 0.25) is 0 Å². The van der Waals surface area contributed by atoms with Crippen molar-refractivity contribution < 1.29 is 4.79 Å². The van der Waals surface area contributed by atoms with Gasteiger partial charge in [0.05, 0.1) is 17.4 Å². The van der Waals surface area contributed by atoms with E-state index < -0.39 is 0 Å². The van der Waals surface area contributed by atoms with E-state index in [1.54, 1.807) is 6.33 Å². The molecule has 0 bridgehead atoms. The lowest BCUT2D eigenvalue weighted by molar-refractivity contribution is 0.0773. The lowest BCUT2D eigenvalue weighted by Crippen LogP contribution is -2.30. The Balaban J connectivity index is 2.39. The molecule has 4 heteroatoms. The number of rotatable bonds is 3. The van der Waals surface area contributed by atoms with Gasteiger partial charge in [0.15, 0.2) is 0 Å². The summed E-state index contributed by atoms with van der Waals surface area (Å²) >= 11 is 0. The Bertz CT molecular complexity index is 541. The SMILES string of the molecule is CCN(CC)C(=O)c1ccc2c(c1)ncn2C. The van der Waals surface area contributed by atoms with Crippen molar-refractivity contribution in [3.05, 3.63) is 30.1 Å². The second kappa shape index (κ2) is 4.57. The van der Waals surface area contributed by atoms with Crippen LogP contribution in [0.2, 0.25) is 0 Å². The minimum Gasteiger partial charge on any atom is -0.339 e. The largest absolute Gasteiger partial charge is 0.339 e. The number of aromatic nitrogens is 2. The molecule has 0 saturated heterocycles. The predicted octanol–water partition coefficient (Wildman–Crippen LogP) is 2.06. The quantitative estimate of drug-likeness (QED) is 0.811. The highest BCUT2D eigenvalue weighted by Crippen LogP contribution is 2.15. The lowest BCUT2D eigenvalue weighted by Gasteiger charge is -2.18. The third kappa shape index (κ3) is 2.02. The van der Waals surface area contributed by atoms with Crippen molar-refractivity contribution in [3.63, 3.8) is 0 Å². The molecule has 0 aliphatic heterocycles. The molecule has 0 spiro atoms. The van der Waals surface area contributed by atoms with Crippen LogP contribution in [-0.4, -0.2) is 33.4 Å². The molecule has 2 rings (SSSR count). The first-order chi connectivity index (χ1) is 8.17. The van der Waals surface area contributed by atoms with Crippen LogP contribution in [0.25, 0.3) is 11.0 Å². The Labute approximate surface area is 101 Å². The number of fused-ring (bicyclic) bond motifs is 1. The van der Waals surface area contributed by atoms with E-state index in [1.165, 1.54) is 0 Å². The second-order valence-corrected chi connectivity index (χ2v) is 4.04. The van der Waals surface area contributed by atoms with Crippen LogP contribution < -0.4 is 0 Å². The van der Waals surface area contributed by atoms with E-state index in [1.807, 2.05) is 48.6 Å². The molecule has 0 aliphatic rings. The van der Waals surface area contributed by atoms with E-state index in [9.17, 15) is 4.79 Å². The van der Waals surface area contributed by atoms with E-state index in [4.69, 9.17) is 0 Å². The van der Waals surface area contributed by atoms with Gasteiger partial charge in [0.25, 0.3) is 5.91 Å². The van der Waals surface area contributed by atoms with E-state index >= 15 is 0 Å². The molecule has 90 valence electrons. The second-order valence-electron chi connectivity index (χ2n) is 4.04. The van der Waals surface area contributed by atoms with Crippen molar-refractivity contribution >= 4 is 16.9 Å². The van der Waals surface area contributed by atoms with Crippen LogP contribution in [0.1, 0.15) is 24.2 Å². The third-order valence-corrected chi connectivity index (χ3v) is 3.02. The summed E-state index contributed by atoms with van der Waals surface area (Å²) in [4.78, 5) is 18.2. The molecule has 1 aromatic carbocycles. The molecular weight excluding hydrogens is 214 g/mol. The molecule has 4 nitrogen and oxygen atoms in total. The lowest BCUT2D eigenvalue weighted by atomic mass is 10.1. The van der Waals surface area contributed by atoms with Gasteiger partial charge in [-0.15, -0.1) is 0 Å². The van der Waals surface area contributed by atoms with E-state index in [0.717, 1.165) is 24.1 Å². The summed E-state index contributed by atoms with van der Waals surface area (Å²) < 4.78 is 1.95. The monoisotopic (exact) mass is 231 g/mol. The maximum absolute atomic E-state index is 12.1. The number of carbonyl (C=O) groups is 1. The summed E-state index contributed by atoms with van der Waals surface area (Å²) in [6, 6.07) is 5.67. The molecule has 1 aromatic heterocycles. The summed E-state index contributed by atoms with van der Waals surface area (Å²) in [5.74, 6) is 0.0718. The topological polar surface area (TPSA) is 38.1 Å². The van der Waals surface area contributed by atoms with Gasteiger partial charge >= 0.3 is 0 Å². The van der Waals surface area contributed by atoms with Crippen LogP contribution in [0.4, 0.5) is 0 Å². The Morgan fingerprint density at radius 3 is 2.71 bits per heavy atom. The van der Waals surface area contributed by atoms with Crippen molar-refractivity contribution in [1.82, 2.24) is 14.5 Å². The van der Waals surface area contributed by atoms with Crippen LogP contribution in [0.3, 0.4) is 0 Å². The minimum absolute atomic E-state index is 0.0718. The van der Waals surface area contributed by atoms with Crippen molar-refractivity contribution in [2.75, 3.05) is 13.1 Å². The smallest absolute Gasteiger partial charge is 0.253 e. The Morgan fingerprint density at radius 1 is 1.35 bits per heavy atom. The minimum atomic E-state index is 0.0718. The molecule has 0 unspecified atom stereocenters. The van der Waals surface area contributed by atoms with E-state index in [2.05, 4.69) is 4.98 Å². The molecule has 0 saturated carbocycles. The van der Waals surface area contributed by atoms with Gasteiger partial charge in [-0.25, -0.2) is 4.98 Å². The summed E-state index contributed by atoms with van der Waals surface area (Å²) in [6.07, 6.45) is 1.76. The fourth-order valence-electron chi connectivity index (χ4n) is 1.96. The highest BCUT2D eigenvalue weighted by molar-refractivity contribution is 5.97. The zero-order valence-corrected chi connectivity index (χ0v) is 10.5. The summed E-state index contributed by atoms with van der Waals surface area (Å²) in [6.45, 7) is 5.44. The van der Waals surface area contributed by atoms with Gasteiger partial charge in [0.1, 0.15) is 0 Å². The van der Waals surface area contributed by atoms with Gasteiger partial charge in [-0.2, -0.15) is 0 Å². The molecule has 1 heterocycles. The van der Waals surface area contributed by atoms with Gasteiger partial charge < -0.3 is 9.47 Å². The Kier molecular flexibility index (Phi) is 3.13. The highest BCUT2D eigenvalue weighted by Gasteiger charge is 2.13. The van der Waals surface area contributed by atoms with Crippen molar-refractivity contribution in [2.24, 2.45) is 7.05 Å². The molecule has 0 atom stereocenters. The normalized spacial score (nSPS) is 10.8. The first-order valence-corrected chi connectivity index (χ1v) is 5.87. The number of aryl methyl sites for hydroxylation is 1. The van der Waals surface area contributed by atoms with Gasteiger partial charge in [-0.3, -0.25) is 4.79 Å². The standard InChI is InChI=1S/C13H17N3O/c1-4-16(5-2)13(17)10-6-7-12-11(8-10)14-9-15(12)3/h6-9H,4-5H2,1-3H3. The summed E-state index contributed by atoms with van der Waals surface area (Å²) in [7, 11) is 1.95. The zero-order chi connectivity index (χ0) is 12.4. The number of amides is 1. The van der Waals surface area contributed by atoms with Crippen LogP contribution in [0.15, 0.2) is 24.5 Å². The zero-order valence-electron chi connectivity index (χ0n) is 10.5. The summed E-state index contributed by atoms with van der Waals surface area (Å²) in [5.41, 5.74) is 2.62. The van der Waals surface area contributed by atoms with Crippen LogP contribution >= 0.6 is 0 Å². The van der Waals surface area contributed by atoms with Gasteiger partial charge in [-0.1, -0.05) is 0 Å². The predicted molar refractivity (Wildman–Crippen MR) is 68.0 cm³/mol. The van der Waals surface area contributed by atoms with Gasteiger partial charge in [-0.05, 0) is 32.0 Å². The fourth-order valence-corrected chi connectivity index (χ4v) is 1.96. The number of hydrogen-bond donors (Lipinski definition) is 0. The maximum Gasteiger partial charge on any atom is 0.253 e. The van der Waals surface area contributed by atoms with Crippen LogP contribution in [0, 0.1) is 0 Å². The molecule has 0 fully saturated rings. The van der Waals surface area contributed by atoms with Crippen molar-refractivity contribution in [1.29, 1.82) is 0 Å². The average molecular weight is 231 g/mol. The highest BCUT2D eigenvalue weighted by atomic mass is 16.2. The number of carbonyl (C=O) groups excluding carboxylic acids is 1. The third-order valence-electron chi connectivity index (χ3n) is 3.02. The molecule has 0 radical (unpaired) electrons. The molecule has 17 heavy (non-hydrogen) atoms. The van der Waals surface area contributed by atoms with Crippen molar-refractivity contribution in [2.45, 2.75) is 13.8 Å². The fraction of sp³-hybridized carbons (Fsp3) is 0.385. The van der Waals surface area contributed by atoms with Crippen LogP contribution in [-0.2, 0) is 7.05 Å². The van der Waals surface area contributed by atoms with Crippen molar-refractivity contribution in [3.8, 4) is 0 Å². The Morgan fingerprint density at radius 2 is 2.06 bits per heavy atom. The number of benzene rings is 1. The van der Waals surface area contributed by atoms with E-state index in [-0.39, 0.29) is 5.91 Å². The molecule has 1 amide bonds. The Hall–Kier alpha value is -1.84.